The van der Waals surface area contributed by atoms with Gasteiger partial charge in [0, 0.05) is 47.4 Å². The summed E-state index contributed by atoms with van der Waals surface area (Å²) in [7, 11) is 1.89. The summed E-state index contributed by atoms with van der Waals surface area (Å²) in [6.07, 6.45) is 9.60. The molecule has 0 spiro atoms. The van der Waals surface area contributed by atoms with Gasteiger partial charge in [0.15, 0.2) is 0 Å². The summed E-state index contributed by atoms with van der Waals surface area (Å²) < 4.78 is 2.49. The number of hydrogen-bond donors (Lipinski definition) is 1. The van der Waals surface area contributed by atoms with Crippen molar-refractivity contribution in [2.75, 3.05) is 18.5 Å². The Hall–Kier alpha value is -2.73. The highest BCUT2D eigenvalue weighted by molar-refractivity contribution is 5.95. The maximum absolute atomic E-state index is 12.9. The zero-order valence-electron chi connectivity index (χ0n) is 18.5. The van der Waals surface area contributed by atoms with E-state index in [0.29, 0.717) is 25.6 Å². The zero-order chi connectivity index (χ0) is 21.4. The van der Waals surface area contributed by atoms with Crippen LogP contribution in [0.1, 0.15) is 60.8 Å². The molecule has 3 aromatic rings. The summed E-state index contributed by atoms with van der Waals surface area (Å²) in [4.78, 5) is 24.2. The molecule has 31 heavy (non-hydrogen) atoms. The van der Waals surface area contributed by atoms with Crippen LogP contribution in [-0.4, -0.2) is 34.0 Å². The number of fused-ring (bicyclic) bond motifs is 2. The number of hydrogen-bond acceptors (Lipinski definition) is 4. The smallest absolute Gasteiger partial charge is 0.228 e. The number of nitrogens with one attached hydrogen (secondary N) is 1. The monoisotopic (exact) mass is 417 g/mol. The topological polar surface area (TPSA) is 63.1 Å². The lowest BCUT2D eigenvalue weighted by molar-refractivity contribution is -0.118. The Morgan fingerprint density at radius 1 is 1.13 bits per heavy atom. The summed E-state index contributed by atoms with van der Waals surface area (Å²) in [6.45, 7) is 3.29. The van der Waals surface area contributed by atoms with E-state index in [1.54, 1.807) is 0 Å². The van der Waals surface area contributed by atoms with Gasteiger partial charge in [-0.1, -0.05) is 31.0 Å². The van der Waals surface area contributed by atoms with Crippen molar-refractivity contribution in [1.29, 1.82) is 0 Å². The Kier molecular flexibility index (Phi) is 5.48. The highest BCUT2D eigenvalue weighted by atomic mass is 16.2. The van der Waals surface area contributed by atoms with Gasteiger partial charge in [-0.3, -0.25) is 9.69 Å². The van der Waals surface area contributed by atoms with Gasteiger partial charge in [-0.05, 0) is 51.3 Å². The van der Waals surface area contributed by atoms with Gasteiger partial charge in [0.25, 0.3) is 0 Å². The van der Waals surface area contributed by atoms with Crippen LogP contribution in [0.2, 0.25) is 0 Å². The summed E-state index contributed by atoms with van der Waals surface area (Å²) in [6, 6.07) is 9.31. The fourth-order valence-electron chi connectivity index (χ4n) is 5.30. The molecule has 2 aromatic heterocycles. The maximum Gasteiger partial charge on any atom is 0.228 e. The minimum Gasteiger partial charge on any atom is -0.344 e. The molecule has 1 fully saturated rings. The second-order valence-corrected chi connectivity index (χ2v) is 8.87. The van der Waals surface area contributed by atoms with Crippen molar-refractivity contribution >= 4 is 22.6 Å². The molecule has 3 heterocycles. The molecule has 1 aliphatic carbocycles. The largest absolute Gasteiger partial charge is 0.344 e. The van der Waals surface area contributed by atoms with E-state index in [9.17, 15) is 4.79 Å². The summed E-state index contributed by atoms with van der Waals surface area (Å²) >= 11 is 0. The van der Waals surface area contributed by atoms with Crippen molar-refractivity contribution in [2.45, 2.75) is 64.5 Å². The lowest BCUT2D eigenvalue weighted by atomic mass is 10.0. The van der Waals surface area contributed by atoms with Crippen molar-refractivity contribution < 1.29 is 4.79 Å². The number of nitrogens with zero attached hydrogens (tertiary/aromatic N) is 4. The van der Waals surface area contributed by atoms with Gasteiger partial charge in [0.05, 0.1) is 6.54 Å². The maximum atomic E-state index is 12.9. The number of benzene rings is 1. The second-order valence-electron chi connectivity index (χ2n) is 8.87. The number of carbonyl (C=O) groups is 1. The van der Waals surface area contributed by atoms with Gasteiger partial charge in [-0.2, -0.15) is 0 Å². The lowest BCUT2D eigenvalue weighted by Crippen LogP contribution is -2.38. The van der Waals surface area contributed by atoms with Crippen molar-refractivity contribution in [3.8, 4) is 0 Å². The standard InChI is InChI=1S/C25H31N5O/c1-17-20-11-12-24(31)29(25(20)28-23(27-17)15-26-2)14-13-18-16-30(19-7-3-4-8-19)22-10-6-5-9-21(18)22/h5-6,9-10,16,19,26H,3-4,7-8,11-15H2,1-2H3. The molecule has 0 saturated heterocycles. The minimum atomic E-state index is 0.167. The predicted octanol–water partition coefficient (Wildman–Crippen LogP) is 4.10. The van der Waals surface area contributed by atoms with Crippen LogP contribution in [-0.2, 0) is 24.2 Å². The molecular formula is C25H31N5O. The van der Waals surface area contributed by atoms with E-state index >= 15 is 0 Å². The van der Waals surface area contributed by atoms with Crippen LogP contribution in [0, 0.1) is 6.92 Å². The molecule has 1 aromatic carbocycles. The first-order chi connectivity index (χ1) is 15.2. The van der Waals surface area contributed by atoms with E-state index in [0.717, 1.165) is 35.7 Å². The van der Waals surface area contributed by atoms with E-state index in [4.69, 9.17) is 4.98 Å². The van der Waals surface area contributed by atoms with Gasteiger partial charge in [-0.25, -0.2) is 9.97 Å². The van der Waals surface area contributed by atoms with E-state index in [1.165, 1.54) is 42.1 Å². The highest BCUT2D eigenvalue weighted by Crippen LogP contribution is 2.35. The molecule has 0 bridgehead atoms. The minimum absolute atomic E-state index is 0.167. The third-order valence-electron chi connectivity index (χ3n) is 6.86. The van der Waals surface area contributed by atoms with Crippen LogP contribution in [0.4, 0.5) is 5.82 Å². The van der Waals surface area contributed by atoms with Gasteiger partial charge in [0.1, 0.15) is 11.6 Å². The van der Waals surface area contributed by atoms with Gasteiger partial charge < -0.3 is 9.88 Å². The summed E-state index contributed by atoms with van der Waals surface area (Å²) in [5.41, 5.74) is 4.76. The average Bonchev–Trinajstić information content (AvgIpc) is 3.41. The van der Waals surface area contributed by atoms with Gasteiger partial charge in [0.2, 0.25) is 5.91 Å². The Labute approximate surface area is 183 Å². The van der Waals surface area contributed by atoms with Crippen molar-refractivity contribution in [3.63, 3.8) is 0 Å². The molecule has 5 rings (SSSR count). The number of rotatable bonds is 6. The fraction of sp³-hybridized carbons (Fsp3) is 0.480. The normalized spacial score (nSPS) is 17.0. The number of para-hydroxylation sites is 1. The molecule has 0 unspecified atom stereocenters. The van der Waals surface area contributed by atoms with Crippen LogP contribution >= 0.6 is 0 Å². The summed E-state index contributed by atoms with van der Waals surface area (Å²) in [5.74, 6) is 1.73. The molecule has 1 N–H and O–H groups in total. The van der Waals surface area contributed by atoms with E-state index in [2.05, 4.69) is 45.3 Å². The van der Waals surface area contributed by atoms with Crippen molar-refractivity contribution in [1.82, 2.24) is 19.9 Å². The van der Waals surface area contributed by atoms with Gasteiger partial charge >= 0.3 is 0 Å². The number of aromatic nitrogens is 3. The molecule has 1 aliphatic heterocycles. The molecule has 1 saturated carbocycles. The first kappa shape index (κ1) is 20.2. The number of amides is 1. The fourth-order valence-corrected chi connectivity index (χ4v) is 5.30. The number of carbonyl (C=O) groups excluding carboxylic acids is 1. The van der Waals surface area contributed by atoms with Crippen LogP contribution < -0.4 is 10.2 Å². The average molecular weight is 418 g/mol. The zero-order valence-corrected chi connectivity index (χ0v) is 18.5. The number of anilines is 1. The molecule has 162 valence electrons. The Morgan fingerprint density at radius 3 is 2.74 bits per heavy atom. The van der Waals surface area contributed by atoms with Crippen LogP contribution in [0.3, 0.4) is 0 Å². The second kappa shape index (κ2) is 8.42. The molecular weight excluding hydrogens is 386 g/mol. The predicted molar refractivity (Wildman–Crippen MR) is 123 cm³/mol. The summed E-state index contributed by atoms with van der Waals surface area (Å²) in [5, 5.41) is 4.43. The van der Waals surface area contributed by atoms with E-state index in [-0.39, 0.29) is 5.91 Å². The Bertz CT molecular complexity index is 1110. The van der Waals surface area contributed by atoms with Crippen molar-refractivity contribution in [3.05, 3.63) is 53.1 Å². The highest BCUT2D eigenvalue weighted by Gasteiger charge is 2.28. The first-order valence-corrected chi connectivity index (χ1v) is 11.6. The molecule has 6 nitrogen and oxygen atoms in total. The first-order valence-electron chi connectivity index (χ1n) is 11.6. The third kappa shape index (κ3) is 3.74. The molecule has 0 radical (unpaired) electrons. The van der Waals surface area contributed by atoms with Crippen LogP contribution in [0.15, 0.2) is 30.5 Å². The SMILES string of the molecule is CNCc1nc(C)c2c(n1)N(CCc1cn(C3CCCC3)c3ccccc13)C(=O)CC2. The Morgan fingerprint density at radius 2 is 1.94 bits per heavy atom. The van der Waals surface area contributed by atoms with Gasteiger partial charge in [-0.15, -0.1) is 0 Å². The van der Waals surface area contributed by atoms with Crippen LogP contribution in [0.5, 0.6) is 0 Å². The molecule has 6 heteroatoms. The third-order valence-corrected chi connectivity index (χ3v) is 6.86. The lowest BCUT2D eigenvalue weighted by Gasteiger charge is -2.29. The quantitative estimate of drug-likeness (QED) is 0.656. The molecule has 1 amide bonds. The van der Waals surface area contributed by atoms with E-state index in [1.807, 2.05) is 18.9 Å². The van der Waals surface area contributed by atoms with Crippen molar-refractivity contribution in [2.24, 2.45) is 0 Å². The molecule has 2 aliphatic rings. The Balaban J connectivity index is 1.45. The van der Waals surface area contributed by atoms with E-state index < -0.39 is 0 Å². The molecule has 0 atom stereocenters. The van der Waals surface area contributed by atoms with Crippen LogP contribution in [0.25, 0.3) is 10.9 Å². The number of aryl methyl sites for hydroxylation is 1.